The molecule has 5 heteroatoms. The van der Waals surface area contributed by atoms with Crippen LogP contribution in [0.15, 0.2) is 18.2 Å². The molecule has 1 unspecified atom stereocenters. The van der Waals surface area contributed by atoms with E-state index in [9.17, 15) is 0 Å². The Morgan fingerprint density at radius 3 is 2.76 bits per heavy atom. The van der Waals surface area contributed by atoms with Gasteiger partial charge in [-0.3, -0.25) is 9.80 Å². The Labute approximate surface area is 150 Å². The molecule has 0 aliphatic carbocycles. The number of hydrogen-bond acceptors (Lipinski definition) is 5. The van der Waals surface area contributed by atoms with Crippen molar-refractivity contribution < 1.29 is 14.2 Å². The Bertz CT molecular complexity index is 552. The zero-order chi connectivity index (χ0) is 16.9. The molecule has 3 aliphatic heterocycles. The third-order valence-electron chi connectivity index (χ3n) is 5.47. The summed E-state index contributed by atoms with van der Waals surface area (Å²) >= 11 is 0. The van der Waals surface area contributed by atoms with Crippen LogP contribution in [-0.4, -0.2) is 68.6 Å². The SMILES string of the molecule is c1cc2c(cc1CN1CCN(CCOC3CCCCO3)CC1)CCO2. The van der Waals surface area contributed by atoms with Gasteiger partial charge >= 0.3 is 0 Å². The number of benzene rings is 1. The Kier molecular flexibility index (Phi) is 5.87. The van der Waals surface area contributed by atoms with Gasteiger partial charge in [-0.2, -0.15) is 0 Å². The quantitative estimate of drug-likeness (QED) is 0.789. The maximum atomic E-state index is 5.86. The molecule has 1 aromatic carbocycles. The lowest BCUT2D eigenvalue weighted by Gasteiger charge is -2.35. The van der Waals surface area contributed by atoms with Crippen LogP contribution in [0, 0.1) is 0 Å². The van der Waals surface area contributed by atoms with Crippen LogP contribution in [0.5, 0.6) is 5.75 Å². The van der Waals surface area contributed by atoms with E-state index in [1.54, 1.807) is 0 Å². The van der Waals surface area contributed by atoms with E-state index in [0.717, 1.165) is 77.7 Å². The van der Waals surface area contributed by atoms with Crippen molar-refractivity contribution in [2.24, 2.45) is 0 Å². The lowest BCUT2D eigenvalue weighted by atomic mass is 10.1. The molecule has 3 heterocycles. The van der Waals surface area contributed by atoms with Gasteiger partial charge in [-0.15, -0.1) is 0 Å². The largest absolute Gasteiger partial charge is 0.493 e. The van der Waals surface area contributed by atoms with Crippen molar-refractivity contribution in [2.75, 3.05) is 52.5 Å². The molecule has 0 spiro atoms. The fourth-order valence-corrected chi connectivity index (χ4v) is 3.92. The normalized spacial score (nSPS) is 24.9. The van der Waals surface area contributed by atoms with Gasteiger partial charge in [0.05, 0.1) is 13.2 Å². The highest BCUT2D eigenvalue weighted by molar-refractivity contribution is 5.39. The summed E-state index contributed by atoms with van der Waals surface area (Å²) in [6, 6.07) is 6.68. The molecule has 25 heavy (non-hydrogen) atoms. The van der Waals surface area contributed by atoms with Crippen molar-refractivity contribution in [3.63, 3.8) is 0 Å². The van der Waals surface area contributed by atoms with Crippen LogP contribution in [0.25, 0.3) is 0 Å². The molecule has 0 aromatic heterocycles. The molecule has 138 valence electrons. The van der Waals surface area contributed by atoms with E-state index in [0.29, 0.717) is 0 Å². The highest BCUT2D eigenvalue weighted by atomic mass is 16.7. The molecule has 1 atom stereocenters. The van der Waals surface area contributed by atoms with Crippen molar-refractivity contribution in [1.82, 2.24) is 9.80 Å². The minimum atomic E-state index is 0.0406. The van der Waals surface area contributed by atoms with Crippen molar-refractivity contribution in [1.29, 1.82) is 0 Å². The Morgan fingerprint density at radius 2 is 1.92 bits per heavy atom. The predicted octanol–water partition coefficient (Wildman–Crippen LogP) is 2.28. The maximum Gasteiger partial charge on any atom is 0.157 e. The van der Waals surface area contributed by atoms with E-state index < -0.39 is 0 Å². The van der Waals surface area contributed by atoms with Crippen LogP contribution in [0.1, 0.15) is 30.4 Å². The van der Waals surface area contributed by atoms with Crippen LogP contribution in [0.2, 0.25) is 0 Å². The zero-order valence-corrected chi connectivity index (χ0v) is 15.1. The summed E-state index contributed by atoms with van der Waals surface area (Å²) in [5.41, 5.74) is 2.79. The molecule has 0 amide bonds. The zero-order valence-electron chi connectivity index (χ0n) is 15.1. The second-order valence-corrected chi connectivity index (χ2v) is 7.33. The first-order valence-electron chi connectivity index (χ1n) is 9.79. The summed E-state index contributed by atoms with van der Waals surface area (Å²) in [6.45, 7) is 9.07. The molecule has 0 N–H and O–H groups in total. The Balaban J connectivity index is 1.16. The number of ether oxygens (including phenoxy) is 3. The second-order valence-electron chi connectivity index (χ2n) is 7.33. The number of fused-ring (bicyclic) bond motifs is 1. The van der Waals surface area contributed by atoms with Gasteiger partial charge in [0.15, 0.2) is 6.29 Å². The highest BCUT2D eigenvalue weighted by Gasteiger charge is 2.19. The summed E-state index contributed by atoms with van der Waals surface area (Å²) in [7, 11) is 0. The highest BCUT2D eigenvalue weighted by Crippen LogP contribution is 2.26. The first-order valence-corrected chi connectivity index (χ1v) is 9.79. The minimum Gasteiger partial charge on any atom is -0.493 e. The Hall–Kier alpha value is -1.14. The van der Waals surface area contributed by atoms with E-state index in [2.05, 4.69) is 28.0 Å². The summed E-state index contributed by atoms with van der Waals surface area (Å²) in [4.78, 5) is 5.06. The van der Waals surface area contributed by atoms with Crippen LogP contribution in [0.4, 0.5) is 0 Å². The van der Waals surface area contributed by atoms with E-state index >= 15 is 0 Å². The van der Waals surface area contributed by atoms with Crippen LogP contribution < -0.4 is 4.74 Å². The van der Waals surface area contributed by atoms with Crippen LogP contribution in [-0.2, 0) is 22.4 Å². The van der Waals surface area contributed by atoms with Crippen molar-refractivity contribution in [2.45, 2.75) is 38.5 Å². The van der Waals surface area contributed by atoms with E-state index in [1.807, 2.05) is 0 Å². The molecule has 3 aliphatic rings. The van der Waals surface area contributed by atoms with Gasteiger partial charge in [0.2, 0.25) is 0 Å². The fourth-order valence-electron chi connectivity index (χ4n) is 3.92. The average Bonchev–Trinajstić information content (AvgIpc) is 3.12. The summed E-state index contributed by atoms with van der Waals surface area (Å²) in [5, 5.41) is 0. The monoisotopic (exact) mass is 346 g/mol. The smallest absolute Gasteiger partial charge is 0.157 e. The third kappa shape index (κ3) is 4.73. The molecule has 4 rings (SSSR count). The van der Waals surface area contributed by atoms with E-state index in [-0.39, 0.29) is 6.29 Å². The Morgan fingerprint density at radius 1 is 1.04 bits per heavy atom. The van der Waals surface area contributed by atoms with Crippen LogP contribution in [0.3, 0.4) is 0 Å². The number of nitrogens with zero attached hydrogens (tertiary/aromatic N) is 2. The van der Waals surface area contributed by atoms with Gasteiger partial charge in [-0.25, -0.2) is 0 Å². The van der Waals surface area contributed by atoms with E-state index in [1.165, 1.54) is 24.0 Å². The molecule has 0 saturated carbocycles. The number of piperazine rings is 1. The molecule has 5 nitrogen and oxygen atoms in total. The molecule has 0 radical (unpaired) electrons. The molecule has 0 bridgehead atoms. The lowest BCUT2D eigenvalue weighted by molar-refractivity contribution is -0.164. The van der Waals surface area contributed by atoms with Gasteiger partial charge in [-0.1, -0.05) is 12.1 Å². The van der Waals surface area contributed by atoms with Gasteiger partial charge < -0.3 is 14.2 Å². The topological polar surface area (TPSA) is 34.2 Å². The minimum absolute atomic E-state index is 0.0406. The maximum absolute atomic E-state index is 5.86. The van der Waals surface area contributed by atoms with Crippen molar-refractivity contribution in [3.05, 3.63) is 29.3 Å². The molecule has 1 aromatic rings. The van der Waals surface area contributed by atoms with Crippen LogP contribution >= 0.6 is 0 Å². The molecule has 2 fully saturated rings. The first kappa shape index (κ1) is 17.3. The first-order chi connectivity index (χ1) is 12.4. The van der Waals surface area contributed by atoms with Gasteiger partial charge in [0, 0.05) is 52.3 Å². The third-order valence-corrected chi connectivity index (χ3v) is 5.47. The number of rotatable bonds is 6. The lowest BCUT2D eigenvalue weighted by Crippen LogP contribution is -2.47. The predicted molar refractivity (Wildman–Crippen MR) is 96.9 cm³/mol. The molecular weight excluding hydrogens is 316 g/mol. The molecular formula is C20H30N2O3. The second kappa shape index (κ2) is 8.49. The van der Waals surface area contributed by atoms with Gasteiger partial charge in [0.25, 0.3) is 0 Å². The van der Waals surface area contributed by atoms with Crippen molar-refractivity contribution >= 4 is 0 Å². The average molecular weight is 346 g/mol. The standard InChI is InChI=1S/C20H30N2O3/c1-2-12-24-20(3-1)25-14-11-21-7-9-22(10-8-21)16-17-4-5-19-18(15-17)6-13-23-19/h4-5,15,20H,1-3,6-14,16H2. The van der Waals surface area contributed by atoms with Crippen molar-refractivity contribution in [3.8, 4) is 5.75 Å². The summed E-state index contributed by atoms with van der Waals surface area (Å²) in [5.74, 6) is 1.08. The number of hydrogen-bond donors (Lipinski definition) is 0. The molecule has 2 saturated heterocycles. The summed E-state index contributed by atoms with van der Waals surface area (Å²) in [6.07, 6.45) is 4.57. The van der Waals surface area contributed by atoms with Gasteiger partial charge in [-0.05, 0) is 36.5 Å². The summed E-state index contributed by atoms with van der Waals surface area (Å²) < 4.78 is 17.1. The fraction of sp³-hybridized carbons (Fsp3) is 0.700. The van der Waals surface area contributed by atoms with Gasteiger partial charge in [0.1, 0.15) is 5.75 Å². The van der Waals surface area contributed by atoms with E-state index in [4.69, 9.17) is 14.2 Å².